The average molecular weight is 266 g/mol. The van der Waals surface area contributed by atoms with Crippen molar-refractivity contribution in [3.8, 4) is 5.75 Å². The lowest BCUT2D eigenvalue weighted by atomic mass is 10.2. The maximum absolute atomic E-state index is 10.8. The Kier molecular flexibility index (Phi) is 3.56. The molecule has 0 bridgehead atoms. The molecule has 6 nitrogen and oxygen atoms in total. The third kappa shape index (κ3) is 5.10. The van der Waals surface area contributed by atoms with Gasteiger partial charge in [0.1, 0.15) is 11.5 Å². The number of hydrogen-bond acceptors (Lipinski definition) is 5. The van der Waals surface area contributed by atoms with Crippen molar-refractivity contribution < 1.29 is 25.6 Å². The highest BCUT2D eigenvalue weighted by Crippen LogP contribution is 2.15. The van der Waals surface area contributed by atoms with Crippen molar-refractivity contribution in [1.29, 1.82) is 0 Å². The van der Waals surface area contributed by atoms with Gasteiger partial charge in [0.25, 0.3) is 10.1 Å². The van der Waals surface area contributed by atoms with Crippen LogP contribution in [0.2, 0.25) is 0 Å². The summed E-state index contributed by atoms with van der Waals surface area (Å²) in [7, 11) is -7.68. The zero-order chi connectivity index (χ0) is 12.4. The van der Waals surface area contributed by atoms with Crippen LogP contribution >= 0.6 is 0 Å². The molecular weight excluding hydrogens is 256 g/mol. The molecular formula is C8H10O6S2. The van der Waals surface area contributed by atoms with Gasteiger partial charge in [-0.3, -0.25) is 4.55 Å². The van der Waals surface area contributed by atoms with Crippen LogP contribution in [-0.4, -0.2) is 27.6 Å². The van der Waals surface area contributed by atoms with Crippen LogP contribution in [-0.2, 0) is 26.0 Å². The summed E-state index contributed by atoms with van der Waals surface area (Å²) in [4.78, 5) is 0. The second-order valence-corrected chi connectivity index (χ2v) is 6.19. The molecule has 0 amide bonds. The van der Waals surface area contributed by atoms with Crippen LogP contribution < -0.4 is 4.18 Å². The Morgan fingerprint density at radius 1 is 1.12 bits per heavy atom. The lowest BCUT2D eigenvalue weighted by Crippen LogP contribution is -2.06. The van der Waals surface area contributed by atoms with E-state index < -0.39 is 26.0 Å². The van der Waals surface area contributed by atoms with Crippen molar-refractivity contribution in [2.75, 3.05) is 6.26 Å². The highest BCUT2D eigenvalue weighted by atomic mass is 32.2. The molecule has 0 aliphatic rings. The molecule has 0 spiro atoms. The lowest BCUT2D eigenvalue weighted by molar-refractivity contribution is 0.481. The predicted octanol–water partition coefficient (Wildman–Crippen LogP) is 0.413. The molecule has 16 heavy (non-hydrogen) atoms. The van der Waals surface area contributed by atoms with Crippen molar-refractivity contribution >= 4 is 20.2 Å². The fraction of sp³-hybridized carbons (Fsp3) is 0.250. The molecule has 0 aliphatic carbocycles. The first kappa shape index (κ1) is 12.9. The molecule has 1 N–H and O–H groups in total. The van der Waals surface area contributed by atoms with Crippen molar-refractivity contribution in [2.45, 2.75) is 5.75 Å². The minimum absolute atomic E-state index is 0.0848. The smallest absolute Gasteiger partial charge is 0.306 e. The normalized spacial score (nSPS) is 12.4. The molecule has 0 heterocycles. The molecule has 0 aromatic heterocycles. The first-order valence-corrected chi connectivity index (χ1v) is 7.52. The van der Waals surface area contributed by atoms with E-state index in [-0.39, 0.29) is 5.75 Å². The van der Waals surface area contributed by atoms with E-state index >= 15 is 0 Å². The average Bonchev–Trinajstić information content (AvgIpc) is 2.03. The summed E-state index contributed by atoms with van der Waals surface area (Å²) in [5.41, 5.74) is 0.336. The summed E-state index contributed by atoms with van der Waals surface area (Å²) in [6, 6.07) is 5.33. The number of hydrogen-bond donors (Lipinski definition) is 1. The van der Waals surface area contributed by atoms with Gasteiger partial charge in [-0.2, -0.15) is 16.8 Å². The van der Waals surface area contributed by atoms with Gasteiger partial charge in [0.2, 0.25) is 0 Å². The minimum atomic E-state index is -4.08. The Morgan fingerprint density at radius 2 is 1.62 bits per heavy atom. The van der Waals surface area contributed by atoms with Crippen LogP contribution in [0.15, 0.2) is 24.3 Å². The quantitative estimate of drug-likeness (QED) is 0.626. The minimum Gasteiger partial charge on any atom is -0.383 e. The zero-order valence-electron chi connectivity index (χ0n) is 8.32. The first-order chi connectivity index (χ1) is 7.16. The Morgan fingerprint density at radius 3 is 2.00 bits per heavy atom. The molecule has 0 aliphatic heterocycles. The van der Waals surface area contributed by atoms with Crippen molar-refractivity contribution in [3.63, 3.8) is 0 Å². The van der Waals surface area contributed by atoms with Gasteiger partial charge in [-0.05, 0) is 17.7 Å². The van der Waals surface area contributed by atoms with E-state index in [0.717, 1.165) is 6.26 Å². The zero-order valence-corrected chi connectivity index (χ0v) is 9.95. The lowest BCUT2D eigenvalue weighted by Gasteiger charge is -2.03. The van der Waals surface area contributed by atoms with Crippen molar-refractivity contribution in [3.05, 3.63) is 29.8 Å². The number of benzene rings is 1. The fourth-order valence-corrected chi connectivity index (χ4v) is 2.10. The maximum atomic E-state index is 10.8. The summed E-state index contributed by atoms with van der Waals surface area (Å²) in [5.74, 6) is -0.437. The molecule has 1 aromatic carbocycles. The van der Waals surface area contributed by atoms with E-state index in [0.29, 0.717) is 5.56 Å². The Hall–Kier alpha value is -1.12. The maximum Gasteiger partial charge on any atom is 0.306 e. The summed E-state index contributed by atoms with van der Waals surface area (Å²) in [5, 5.41) is 0. The molecule has 0 unspecified atom stereocenters. The van der Waals surface area contributed by atoms with Crippen LogP contribution in [0.25, 0.3) is 0 Å². The van der Waals surface area contributed by atoms with Gasteiger partial charge >= 0.3 is 10.1 Å². The molecule has 1 aromatic rings. The van der Waals surface area contributed by atoms with E-state index in [2.05, 4.69) is 4.18 Å². The van der Waals surface area contributed by atoms with Crippen LogP contribution in [0.1, 0.15) is 5.56 Å². The van der Waals surface area contributed by atoms with E-state index in [1.807, 2.05) is 0 Å². The summed E-state index contributed by atoms with van der Waals surface area (Å²) in [6.45, 7) is 0. The van der Waals surface area contributed by atoms with Crippen LogP contribution in [0.4, 0.5) is 0 Å². The van der Waals surface area contributed by atoms with Crippen LogP contribution in [0.5, 0.6) is 5.75 Å². The van der Waals surface area contributed by atoms with Gasteiger partial charge in [-0.15, -0.1) is 0 Å². The van der Waals surface area contributed by atoms with Gasteiger partial charge < -0.3 is 4.18 Å². The third-order valence-electron chi connectivity index (χ3n) is 1.52. The molecule has 90 valence electrons. The Labute approximate surface area is 93.7 Å². The van der Waals surface area contributed by atoms with E-state index in [4.69, 9.17) is 4.55 Å². The Bertz CT molecular complexity index is 502. The van der Waals surface area contributed by atoms with Gasteiger partial charge in [-0.25, -0.2) is 0 Å². The van der Waals surface area contributed by atoms with E-state index in [9.17, 15) is 16.8 Å². The molecule has 0 radical (unpaired) electrons. The fourth-order valence-electron chi connectivity index (χ4n) is 1.03. The van der Waals surface area contributed by atoms with Crippen LogP contribution in [0.3, 0.4) is 0 Å². The van der Waals surface area contributed by atoms with Gasteiger partial charge in [0.05, 0.1) is 6.26 Å². The second kappa shape index (κ2) is 4.40. The molecule has 0 saturated carbocycles. The molecule has 0 fully saturated rings. The second-order valence-electron chi connectivity index (χ2n) is 3.16. The molecule has 0 saturated heterocycles. The van der Waals surface area contributed by atoms with Gasteiger partial charge in [0, 0.05) is 0 Å². The summed E-state index contributed by atoms with van der Waals surface area (Å²) in [6.07, 6.45) is 0.902. The van der Waals surface area contributed by atoms with E-state index in [1.165, 1.54) is 24.3 Å². The van der Waals surface area contributed by atoms with Crippen molar-refractivity contribution in [1.82, 2.24) is 0 Å². The topological polar surface area (TPSA) is 97.7 Å². The van der Waals surface area contributed by atoms with Crippen LogP contribution in [0, 0.1) is 0 Å². The molecule has 0 atom stereocenters. The Balaban J connectivity index is 2.84. The summed E-state index contributed by atoms with van der Waals surface area (Å²) < 4.78 is 55.7. The predicted molar refractivity (Wildman–Crippen MR) is 57.2 cm³/mol. The SMILES string of the molecule is CS(=O)(=O)Oc1ccc(CS(=O)(=O)O)cc1. The third-order valence-corrected chi connectivity index (χ3v) is 2.71. The monoisotopic (exact) mass is 266 g/mol. The van der Waals surface area contributed by atoms with Gasteiger partial charge in [-0.1, -0.05) is 12.1 Å². The van der Waals surface area contributed by atoms with E-state index in [1.54, 1.807) is 0 Å². The number of rotatable bonds is 4. The standard InChI is InChI=1S/C8H10O6S2/c1-15(9,10)14-8-4-2-7(3-5-8)6-16(11,12)13/h2-5H,6H2,1H3,(H,11,12,13). The highest BCUT2D eigenvalue weighted by Gasteiger charge is 2.08. The largest absolute Gasteiger partial charge is 0.383 e. The summed E-state index contributed by atoms with van der Waals surface area (Å²) >= 11 is 0. The highest BCUT2D eigenvalue weighted by molar-refractivity contribution is 7.86. The molecule has 1 rings (SSSR count). The first-order valence-electron chi connectivity index (χ1n) is 4.09. The molecule has 8 heteroatoms. The van der Waals surface area contributed by atoms with Gasteiger partial charge in [0.15, 0.2) is 0 Å². The van der Waals surface area contributed by atoms with Crippen molar-refractivity contribution in [2.24, 2.45) is 0 Å².